The van der Waals surface area contributed by atoms with Crippen LogP contribution >= 0.6 is 0 Å². The van der Waals surface area contributed by atoms with Gasteiger partial charge in [-0.05, 0) is 18.2 Å². The Labute approximate surface area is 118 Å². The lowest BCUT2D eigenvalue weighted by Gasteiger charge is -2.14. The maximum Gasteiger partial charge on any atom is 0.181 e. The molecule has 20 heavy (non-hydrogen) atoms. The monoisotopic (exact) mass is 292 g/mol. The highest BCUT2D eigenvalue weighted by atomic mass is 32.2. The van der Waals surface area contributed by atoms with Crippen molar-refractivity contribution in [1.82, 2.24) is 0 Å². The number of rotatable bonds is 5. The highest BCUT2D eigenvalue weighted by molar-refractivity contribution is 7.91. The second kappa shape index (κ2) is 6.07. The van der Waals surface area contributed by atoms with Crippen LogP contribution in [0.2, 0.25) is 0 Å². The van der Waals surface area contributed by atoms with E-state index in [0.717, 1.165) is 0 Å². The zero-order valence-electron chi connectivity index (χ0n) is 11.1. The molecular formula is C15H16O4S. The summed E-state index contributed by atoms with van der Waals surface area (Å²) >= 11 is 0. The molecule has 0 radical (unpaired) electrons. The van der Waals surface area contributed by atoms with E-state index in [9.17, 15) is 13.5 Å². The number of ether oxygens (including phenoxy) is 1. The lowest BCUT2D eigenvalue weighted by molar-refractivity contribution is 0.196. The summed E-state index contributed by atoms with van der Waals surface area (Å²) in [6.45, 7) is 0. The van der Waals surface area contributed by atoms with Crippen LogP contribution in [0.4, 0.5) is 0 Å². The first-order chi connectivity index (χ1) is 9.54. The summed E-state index contributed by atoms with van der Waals surface area (Å²) < 4.78 is 29.6. The van der Waals surface area contributed by atoms with Gasteiger partial charge in [-0.25, -0.2) is 8.42 Å². The first-order valence-corrected chi connectivity index (χ1v) is 7.78. The Balaban J connectivity index is 2.26. The summed E-state index contributed by atoms with van der Waals surface area (Å²) in [4.78, 5) is 0.203. The van der Waals surface area contributed by atoms with Gasteiger partial charge in [0.25, 0.3) is 0 Å². The van der Waals surface area contributed by atoms with E-state index in [4.69, 9.17) is 4.74 Å². The molecule has 5 heteroatoms. The van der Waals surface area contributed by atoms with Gasteiger partial charge >= 0.3 is 0 Å². The number of methoxy groups -OCH3 is 1. The number of aliphatic hydroxyl groups excluding tert-OH is 1. The minimum absolute atomic E-state index is 0.203. The van der Waals surface area contributed by atoms with Crippen molar-refractivity contribution in [2.75, 3.05) is 12.9 Å². The van der Waals surface area contributed by atoms with Gasteiger partial charge in [0.05, 0.1) is 23.9 Å². The van der Waals surface area contributed by atoms with E-state index in [0.29, 0.717) is 11.3 Å². The number of sulfone groups is 1. The fraction of sp³-hybridized carbons (Fsp3) is 0.200. The molecule has 1 atom stereocenters. The SMILES string of the molecule is COc1ccccc1[C@@H](O)CS(=O)(=O)c1ccccc1. The third kappa shape index (κ3) is 3.18. The molecule has 106 valence electrons. The Morgan fingerprint density at radius 1 is 1.05 bits per heavy atom. The molecule has 1 N–H and O–H groups in total. The average molecular weight is 292 g/mol. The van der Waals surface area contributed by atoms with Crippen molar-refractivity contribution in [3.05, 3.63) is 60.2 Å². The molecule has 2 rings (SSSR count). The maximum atomic E-state index is 12.2. The molecule has 0 aliphatic heterocycles. The second-order valence-electron chi connectivity index (χ2n) is 4.35. The van der Waals surface area contributed by atoms with Crippen LogP contribution in [0.25, 0.3) is 0 Å². The van der Waals surface area contributed by atoms with Gasteiger partial charge in [0.1, 0.15) is 5.75 Å². The third-order valence-electron chi connectivity index (χ3n) is 2.98. The van der Waals surface area contributed by atoms with Crippen LogP contribution < -0.4 is 4.74 Å². The molecular weight excluding hydrogens is 276 g/mol. The van der Waals surface area contributed by atoms with Crippen molar-refractivity contribution >= 4 is 9.84 Å². The molecule has 0 aliphatic rings. The number of benzene rings is 2. The summed E-state index contributed by atoms with van der Waals surface area (Å²) in [5, 5.41) is 10.2. The lowest BCUT2D eigenvalue weighted by Crippen LogP contribution is -2.15. The van der Waals surface area contributed by atoms with Crippen molar-refractivity contribution in [1.29, 1.82) is 0 Å². The van der Waals surface area contributed by atoms with Crippen LogP contribution in [0.15, 0.2) is 59.5 Å². The van der Waals surface area contributed by atoms with Crippen LogP contribution in [-0.4, -0.2) is 26.4 Å². The standard InChI is InChI=1S/C15H16O4S/c1-19-15-10-6-5-9-13(15)14(16)11-20(17,18)12-7-3-2-4-8-12/h2-10,14,16H,11H2,1H3/t14-/m0/s1. The molecule has 0 saturated carbocycles. The number of aliphatic hydroxyl groups is 1. The molecule has 0 amide bonds. The molecule has 0 heterocycles. The largest absolute Gasteiger partial charge is 0.496 e. The van der Waals surface area contributed by atoms with Gasteiger partial charge in [-0.1, -0.05) is 36.4 Å². The van der Waals surface area contributed by atoms with Crippen LogP contribution in [0.1, 0.15) is 11.7 Å². The third-order valence-corrected chi connectivity index (χ3v) is 4.72. The van der Waals surface area contributed by atoms with E-state index in [1.54, 1.807) is 42.5 Å². The summed E-state index contributed by atoms with van der Waals surface area (Å²) in [5.74, 6) is 0.0976. The molecule has 0 saturated heterocycles. The first kappa shape index (κ1) is 14.6. The zero-order chi connectivity index (χ0) is 14.6. The smallest absolute Gasteiger partial charge is 0.181 e. The van der Waals surface area contributed by atoms with E-state index in [-0.39, 0.29) is 10.6 Å². The fourth-order valence-corrected chi connectivity index (χ4v) is 3.32. The molecule has 0 aliphatic carbocycles. The topological polar surface area (TPSA) is 63.6 Å². The van der Waals surface area contributed by atoms with Crippen LogP contribution in [-0.2, 0) is 9.84 Å². The molecule has 4 nitrogen and oxygen atoms in total. The Kier molecular flexibility index (Phi) is 4.42. The summed E-state index contributed by atoms with van der Waals surface area (Å²) in [7, 11) is -2.05. The molecule has 0 bridgehead atoms. The highest BCUT2D eigenvalue weighted by Gasteiger charge is 2.22. The Morgan fingerprint density at radius 2 is 1.65 bits per heavy atom. The molecule has 0 aromatic heterocycles. The average Bonchev–Trinajstić information content (AvgIpc) is 2.47. The van der Waals surface area contributed by atoms with E-state index in [2.05, 4.69) is 0 Å². The van der Waals surface area contributed by atoms with Crippen LogP contribution in [0.3, 0.4) is 0 Å². The van der Waals surface area contributed by atoms with E-state index in [1.807, 2.05) is 0 Å². The number of hydrogen-bond acceptors (Lipinski definition) is 4. The van der Waals surface area contributed by atoms with Crippen LogP contribution in [0, 0.1) is 0 Å². The number of hydrogen-bond donors (Lipinski definition) is 1. The normalized spacial score (nSPS) is 12.9. The van der Waals surface area contributed by atoms with Gasteiger partial charge in [-0.15, -0.1) is 0 Å². The molecule has 0 fully saturated rings. The van der Waals surface area contributed by atoms with Gasteiger partial charge in [-0.3, -0.25) is 0 Å². The summed E-state index contributed by atoms with van der Waals surface area (Å²) in [6, 6.07) is 14.9. The predicted molar refractivity (Wildman–Crippen MR) is 76.4 cm³/mol. The fourth-order valence-electron chi connectivity index (χ4n) is 1.96. The lowest BCUT2D eigenvalue weighted by atomic mass is 10.1. The van der Waals surface area contributed by atoms with Gasteiger partial charge < -0.3 is 9.84 Å². The summed E-state index contributed by atoms with van der Waals surface area (Å²) in [6.07, 6.45) is -1.13. The minimum atomic E-state index is -3.54. The predicted octanol–water partition coefficient (Wildman–Crippen LogP) is 2.20. The quantitative estimate of drug-likeness (QED) is 0.917. The van der Waals surface area contributed by atoms with Crippen LogP contribution in [0.5, 0.6) is 5.75 Å². The first-order valence-electron chi connectivity index (χ1n) is 6.13. The van der Waals surface area contributed by atoms with Crippen molar-refractivity contribution in [3.63, 3.8) is 0 Å². The van der Waals surface area contributed by atoms with Crippen molar-refractivity contribution in [2.24, 2.45) is 0 Å². The van der Waals surface area contributed by atoms with Gasteiger partial charge in [0.2, 0.25) is 0 Å². The maximum absolute atomic E-state index is 12.2. The van der Waals surface area contributed by atoms with E-state index < -0.39 is 15.9 Å². The van der Waals surface area contributed by atoms with Crippen molar-refractivity contribution in [2.45, 2.75) is 11.0 Å². The van der Waals surface area contributed by atoms with Crippen molar-refractivity contribution < 1.29 is 18.3 Å². The molecule has 0 unspecified atom stereocenters. The Bertz CT molecular complexity index is 665. The molecule has 2 aromatic rings. The Morgan fingerprint density at radius 3 is 2.30 bits per heavy atom. The Hall–Kier alpha value is -1.85. The van der Waals surface area contributed by atoms with Gasteiger partial charge in [0, 0.05) is 5.56 Å². The van der Waals surface area contributed by atoms with Gasteiger partial charge in [-0.2, -0.15) is 0 Å². The van der Waals surface area contributed by atoms with Crippen molar-refractivity contribution in [3.8, 4) is 5.75 Å². The highest BCUT2D eigenvalue weighted by Crippen LogP contribution is 2.27. The molecule has 0 spiro atoms. The molecule has 2 aromatic carbocycles. The summed E-state index contributed by atoms with van der Waals surface area (Å²) in [5.41, 5.74) is 0.467. The van der Waals surface area contributed by atoms with E-state index >= 15 is 0 Å². The van der Waals surface area contributed by atoms with Gasteiger partial charge in [0.15, 0.2) is 9.84 Å². The van der Waals surface area contributed by atoms with E-state index in [1.165, 1.54) is 19.2 Å². The number of para-hydroxylation sites is 1. The second-order valence-corrected chi connectivity index (χ2v) is 6.39. The zero-order valence-corrected chi connectivity index (χ0v) is 11.9. The minimum Gasteiger partial charge on any atom is -0.496 e.